The fourth-order valence-corrected chi connectivity index (χ4v) is 3.88. The number of sulfonamides is 1. The Balaban J connectivity index is 0. The maximum Gasteiger partial charge on any atom is 0.239 e. The first kappa shape index (κ1) is 30.2. The smallest absolute Gasteiger partial charge is 0.239 e. The summed E-state index contributed by atoms with van der Waals surface area (Å²) in [6.45, 7) is 7.08. The molecular formula is C20H30N2O5SY-2. The van der Waals surface area contributed by atoms with E-state index in [0.29, 0.717) is 25.8 Å². The molecule has 1 aromatic carbocycles. The maximum atomic E-state index is 12.4. The normalized spacial score (nSPS) is 16.7. The van der Waals surface area contributed by atoms with E-state index < -0.39 is 28.0 Å². The molecule has 161 valence electrons. The number of carbonyl (C=O) groups is 2. The summed E-state index contributed by atoms with van der Waals surface area (Å²) in [5.74, 6) is -0.564. The number of rotatable bonds is 6. The third kappa shape index (κ3) is 11.1. The first-order valence-electron chi connectivity index (χ1n) is 9.22. The molecule has 0 aliphatic carbocycles. The summed E-state index contributed by atoms with van der Waals surface area (Å²) >= 11 is 0. The van der Waals surface area contributed by atoms with E-state index >= 15 is 0 Å². The van der Waals surface area contributed by atoms with Gasteiger partial charge >= 0.3 is 0 Å². The number of ketones is 1. The van der Waals surface area contributed by atoms with Crippen molar-refractivity contribution in [2.75, 3.05) is 12.8 Å². The minimum atomic E-state index is -3.43. The molecule has 1 aliphatic rings. The van der Waals surface area contributed by atoms with Gasteiger partial charge in [-0.2, -0.15) is 47.1 Å². The van der Waals surface area contributed by atoms with Gasteiger partial charge in [0.15, 0.2) is 5.78 Å². The second kappa shape index (κ2) is 15.8. The van der Waals surface area contributed by atoms with Crippen molar-refractivity contribution in [1.29, 1.82) is 0 Å². The number of Topliss-reactive ketones (excluding diaryl/α,β-unsaturated/α-hetero) is 1. The van der Waals surface area contributed by atoms with E-state index in [1.165, 1.54) is 24.4 Å². The van der Waals surface area contributed by atoms with Crippen LogP contribution in [0.25, 0.3) is 0 Å². The van der Waals surface area contributed by atoms with E-state index in [1.54, 1.807) is 12.1 Å². The summed E-state index contributed by atoms with van der Waals surface area (Å²) < 4.78 is 24.7. The molecule has 2 atom stereocenters. The molecule has 0 bridgehead atoms. The van der Waals surface area contributed by atoms with E-state index in [4.69, 9.17) is 4.79 Å². The van der Waals surface area contributed by atoms with Crippen molar-refractivity contribution < 1.29 is 55.5 Å². The van der Waals surface area contributed by atoms with E-state index in [2.05, 4.69) is 11.4 Å². The van der Waals surface area contributed by atoms with Crippen LogP contribution in [0.1, 0.15) is 46.1 Å². The van der Waals surface area contributed by atoms with Gasteiger partial charge in [0.2, 0.25) is 15.9 Å². The largest absolute Gasteiger partial charge is 0.542 e. The molecule has 1 amide bonds. The molecule has 1 aliphatic heterocycles. The standard InChI is InChI=1S/C16H21N2O4S.C2H3O.C2H6.Y/c1-12(19)14(11-13-7-4-3-5-8-13)17-16(20)15-9-6-10-18(15)23(2,21)22;1-2-3;1-2;/h4-5,7-8,14-15H,6,9-11H2,1-2H3,(H,17,20);1H3;1-2H3;/q2*-1;;/t14-,15?;;;/m0.../s1. The monoisotopic (exact) mass is 499 g/mol. The van der Waals surface area contributed by atoms with Gasteiger partial charge in [-0.15, -0.1) is 0 Å². The van der Waals surface area contributed by atoms with Gasteiger partial charge in [-0.05, 0) is 26.2 Å². The zero-order valence-electron chi connectivity index (χ0n) is 17.8. The van der Waals surface area contributed by atoms with Crippen LogP contribution in [0.4, 0.5) is 0 Å². The molecule has 1 radical (unpaired) electrons. The molecule has 1 saturated heterocycles. The summed E-state index contributed by atoms with van der Waals surface area (Å²) in [6, 6.07) is 8.67. The molecule has 1 N–H and O–H groups in total. The quantitative estimate of drug-likeness (QED) is 0.601. The molecule has 1 fully saturated rings. The topological polar surface area (TPSA) is 101 Å². The predicted octanol–water partition coefficient (Wildman–Crippen LogP) is 1.67. The Hall–Kier alpha value is -0.956. The van der Waals surface area contributed by atoms with Gasteiger partial charge in [0, 0.05) is 39.3 Å². The SMILES string of the molecule is CC.CC(=O)[C@H](Cc1cc[c-]cc1)NC(=O)C1CCCN1S(C)(=O)=O.C[C-]=O.[Y]. The Labute approximate surface area is 199 Å². The van der Waals surface area contributed by atoms with Crippen LogP contribution in [0.5, 0.6) is 0 Å². The average Bonchev–Trinajstić information content (AvgIpc) is 3.15. The van der Waals surface area contributed by atoms with Gasteiger partial charge in [-0.25, -0.2) is 8.42 Å². The molecule has 7 nitrogen and oxygen atoms in total. The van der Waals surface area contributed by atoms with Crippen molar-refractivity contribution in [3.63, 3.8) is 0 Å². The zero-order chi connectivity index (χ0) is 21.7. The Morgan fingerprint density at radius 1 is 1.31 bits per heavy atom. The second-order valence-electron chi connectivity index (χ2n) is 6.02. The summed E-state index contributed by atoms with van der Waals surface area (Å²) in [5.41, 5.74) is 0.913. The van der Waals surface area contributed by atoms with Gasteiger partial charge in [0.05, 0.1) is 12.3 Å². The van der Waals surface area contributed by atoms with Crippen molar-refractivity contribution in [2.24, 2.45) is 0 Å². The van der Waals surface area contributed by atoms with Gasteiger partial charge < -0.3 is 10.1 Å². The average molecular weight is 499 g/mol. The second-order valence-corrected chi connectivity index (χ2v) is 7.96. The van der Waals surface area contributed by atoms with Crippen molar-refractivity contribution in [1.82, 2.24) is 9.62 Å². The molecule has 9 heteroatoms. The van der Waals surface area contributed by atoms with Gasteiger partial charge in [-0.3, -0.25) is 15.9 Å². The Bertz CT molecular complexity index is 726. The molecular weight excluding hydrogens is 469 g/mol. The minimum absolute atomic E-state index is 0. The molecule has 1 unspecified atom stereocenters. The Kier molecular flexibility index (Phi) is 16.5. The number of carbonyl (C=O) groups excluding carboxylic acids is 3. The number of nitrogens with one attached hydrogen (secondary N) is 1. The zero-order valence-corrected chi connectivity index (χ0v) is 21.4. The van der Waals surface area contributed by atoms with Crippen LogP contribution in [-0.4, -0.2) is 55.6 Å². The third-order valence-corrected chi connectivity index (χ3v) is 5.26. The van der Waals surface area contributed by atoms with Crippen LogP contribution >= 0.6 is 0 Å². The number of nitrogens with zero attached hydrogens (tertiary/aromatic N) is 1. The third-order valence-electron chi connectivity index (χ3n) is 3.97. The molecule has 0 aromatic heterocycles. The van der Waals surface area contributed by atoms with E-state index in [-0.39, 0.29) is 38.5 Å². The van der Waals surface area contributed by atoms with Crippen LogP contribution in [0, 0.1) is 6.07 Å². The molecule has 1 heterocycles. The van der Waals surface area contributed by atoms with Gasteiger partial charge in [-0.1, -0.05) is 13.8 Å². The Morgan fingerprint density at radius 2 is 1.83 bits per heavy atom. The summed E-state index contributed by atoms with van der Waals surface area (Å²) in [4.78, 5) is 32.9. The number of hydrogen-bond acceptors (Lipinski definition) is 5. The van der Waals surface area contributed by atoms with Gasteiger partial charge in [0.1, 0.15) is 6.04 Å². The van der Waals surface area contributed by atoms with Crippen LogP contribution < -0.4 is 5.32 Å². The van der Waals surface area contributed by atoms with E-state index in [9.17, 15) is 18.0 Å². The van der Waals surface area contributed by atoms with E-state index in [0.717, 1.165) is 11.8 Å². The first-order valence-corrected chi connectivity index (χ1v) is 11.1. The number of amides is 1. The summed E-state index contributed by atoms with van der Waals surface area (Å²) in [7, 11) is -3.43. The van der Waals surface area contributed by atoms with Crippen molar-refractivity contribution in [2.45, 2.75) is 59.0 Å². The molecule has 0 spiro atoms. The van der Waals surface area contributed by atoms with Crippen molar-refractivity contribution in [3.05, 3.63) is 35.9 Å². The maximum absolute atomic E-state index is 12.4. The van der Waals surface area contributed by atoms with E-state index in [1.807, 2.05) is 26.0 Å². The van der Waals surface area contributed by atoms with Crippen LogP contribution in [0.3, 0.4) is 0 Å². The molecule has 2 rings (SSSR count). The fraction of sp³-hybridized carbons (Fsp3) is 0.550. The fourth-order valence-electron chi connectivity index (χ4n) is 2.76. The van der Waals surface area contributed by atoms with Crippen LogP contribution in [0.2, 0.25) is 0 Å². The number of hydrogen-bond donors (Lipinski definition) is 1. The predicted molar refractivity (Wildman–Crippen MR) is 109 cm³/mol. The Morgan fingerprint density at radius 3 is 2.28 bits per heavy atom. The molecule has 1 aromatic rings. The van der Waals surface area contributed by atoms with Crippen LogP contribution in [0.15, 0.2) is 24.3 Å². The molecule has 29 heavy (non-hydrogen) atoms. The van der Waals surface area contributed by atoms with Crippen LogP contribution in [-0.2, 0) is 63.5 Å². The number of benzene rings is 1. The molecule has 0 saturated carbocycles. The van der Waals surface area contributed by atoms with Crippen molar-refractivity contribution >= 4 is 28.0 Å². The minimum Gasteiger partial charge on any atom is -0.542 e. The summed E-state index contributed by atoms with van der Waals surface area (Å²) in [6.07, 6.45) is 4.09. The van der Waals surface area contributed by atoms with Gasteiger partial charge in [0.25, 0.3) is 0 Å². The first-order chi connectivity index (χ1) is 13.2. The van der Waals surface area contributed by atoms with Crippen molar-refractivity contribution in [3.8, 4) is 0 Å². The summed E-state index contributed by atoms with van der Waals surface area (Å²) in [5, 5.41) is 2.70.